The first-order valence-electron chi connectivity index (χ1n) is 1.08. The van der Waals surface area contributed by atoms with Crippen molar-refractivity contribution in [3.05, 3.63) is 4.91 Å². The van der Waals surface area contributed by atoms with Gasteiger partial charge in [-0.05, 0) is 0 Å². The molecular weight excluding hydrogens is 117 g/mol. The molecule has 0 heterocycles. The molecule has 0 aliphatic heterocycles. The van der Waals surface area contributed by atoms with Gasteiger partial charge in [0, 0.05) is 0 Å². The van der Waals surface area contributed by atoms with Crippen LogP contribution >= 0.6 is 0 Å². The largest absolute Gasteiger partial charge is 0.673 e. The van der Waals surface area contributed by atoms with Crippen LogP contribution in [0.2, 0.25) is 0 Å². The summed E-state index contributed by atoms with van der Waals surface area (Å²) in [7, 11) is -6.00. The normalized spacial score (nSPS) is 9.14. The van der Waals surface area contributed by atoms with Crippen molar-refractivity contribution in [3.8, 4) is 0 Å². The molecule has 0 rings (SSSR count). The summed E-state index contributed by atoms with van der Waals surface area (Å²) < 4.78 is 39.0. The molecule has 0 aliphatic carbocycles. The van der Waals surface area contributed by atoms with Gasteiger partial charge in [0.1, 0.15) is 0 Å². The molecule has 0 bridgehead atoms. The van der Waals surface area contributed by atoms with E-state index in [9.17, 15) is 17.3 Å². The number of halogens is 4. The van der Waals surface area contributed by atoms with Gasteiger partial charge >= 0.3 is 7.25 Å². The van der Waals surface area contributed by atoms with Crippen molar-refractivity contribution >= 4 is 7.25 Å². The predicted molar refractivity (Wildman–Crippen MR) is 16.3 cm³/mol. The predicted octanol–water partition coefficient (Wildman–Crippen LogP) is 1.63. The van der Waals surface area contributed by atoms with Gasteiger partial charge in [0.25, 0.3) is 0 Å². The van der Waals surface area contributed by atoms with Gasteiger partial charge in [-0.3, -0.25) is 0 Å². The molecule has 1 N–H and O–H groups in total. The Bertz CT molecular complexity index is 35.4. The van der Waals surface area contributed by atoms with Crippen LogP contribution in [0.4, 0.5) is 17.3 Å². The van der Waals surface area contributed by atoms with Gasteiger partial charge in [0.05, 0.1) is 0 Å². The van der Waals surface area contributed by atoms with Gasteiger partial charge in [-0.1, -0.05) is 5.59 Å². The lowest BCUT2D eigenvalue weighted by molar-refractivity contribution is 0.368. The fraction of sp³-hybridized carbons (Fsp3) is 0. The zero-order valence-electron chi connectivity index (χ0n) is 3.00. The lowest BCUT2D eigenvalue weighted by Gasteiger charge is -1.94. The first-order valence-corrected chi connectivity index (χ1v) is 1.08. The third kappa shape index (κ3) is 163. The van der Waals surface area contributed by atoms with Crippen LogP contribution in [-0.2, 0) is 0 Å². The molecule has 0 saturated heterocycles. The van der Waals surface area contributed by atoms with Gasteiger partial charge in [-0.2, -0.15) is 4.91 Å². The van der Waals surface area contributed by atoms with Crippen molar-refractivity contribution in [3.63, 3.8) is 0 Å². The third-order valence-corrected chi connectivity index (χ3v) is 0. The highest BCUT2D eigenvalue weighted by atomic mass is 19.5. The SMILES string of the molecule is F[B-](F)(F)F.N=O. The third-order valence-electron chi connectivity index (χ3n) is 0. The summed E-state index contributed by atoms with van der Waals surface area (Å²) in [5.41, 5.74) is 4.50. The molecule has 0 spiro atoms. The van der Waals surface area contributed by atoms with Crippen molar-refractivity contribution in [1.29, 1.82) is 5.59 Å². The Balaban J connectivity index is 0. The zero-order chi connectivity index (χ0) is 6.50. The Morgan fingerprint density at radius 1 is 1.00 bits per heavy atom. The van der Waals surface area contributed by atoms with Gasteiger partial charge < -0.3 is 17.3 Å². The Kier molecular flexibility index (Phi) is 4.91. The Morgan fingerprint density at radius 3 is 1.00 bits per heavy atom. The molecule has 0 aliphatic rings. The molecule has 0 unspecified atom stereocenters. The molecule has 0 radical (unpaired) electrons. The molecule has 0 atom stereocenters. The fourth-order valence-corrected chi connectivity index (χ4v) is 0. The smallest absolute Gasteiger partial charge is 0.418 e. The molecule has 7 heteroatoms. The van der Waals surface area contributed by atoms with E-state index in [2.05, 4.69) is 5.59 Å². The van der Waals surface area contributed by atoms with Crippen molar-refractivity contribution in [2.45, 2.75) is 0 Å². The molecule has 0 aromatic heterocycles. The highest BCUT2D eigenvalue weighted by Gasteiger charge is 2.20. The van der Waals surface area contributed by atoms with Gasteiger partial charge in [-0.15, -0.1) is 0 Å². The van der Waals surface area contributed by atoms with Gasteiger partial charge in [0.15, 0.2) is 0 Å². The number of hydrogen-bond acceptors (Lipinski definition) is 2. The molecule has 2 nitrogen and oxygen atoms in total. The van der Waals surface area contributed by atoms with Crippen LogP contribution in [0, 0.1) is 10.5 Å². The maximum absolute atomic E-state index is 9.75. The Morgan fingerprint density at radius 2 is 1.00 bits per heavy atom. The van der Waals surface area contributed by atoms with Crippen molar-refractivity contribution in [2.75, 3.05) is 0 Å². The van der Waals surface area contributed by atoms with E-state index >= 15 is 0 Å². The average Bonchev–Trinajstić information content (AvgIpc) is 1.36. The second-order valence-electron chi connectivity index (χ2n) is 0.495. The lowest BCUT2D eigenvalue weighted by Crippen LogP contribution is -2.02. The minimum absolute atomic E-state index is 4.50. The van der Waals surface area contributed by atoms with E-state index in [1.165, 1.54) is 0 Å². The first-order chi connectivity index (χ1) is 3.00. The van der Waals surface area contributed by atoms with Crippen LogP contribution in [0.15, 0.2) is 0 Å². The topological polar surface area (TPSA) is 40.9 Å². The van der Waals surface area contributed by atoms with E-state index in [0.717, 1.165) is 0 Å². The van der Waals surface area contributed by atoms with Crippen LogP contribution in [0.3, 0.4) is 0 Å². The van der Waals surface area contributed by atoms with E-state index in [-0.39, 0.29) is 0 Å². The van der Waals surface area contributed by atoms with E-state index in [1.807, 2.05) is 0 Å². The van der Waals surface area contributed by atoms with Crippen molar-refractivity contribution < 1.29 is 17.3 Å². The average molecular weight is 118 g/mol. The van der Waals surface area contributed by atoms with E-state index in [0.29, 0.717) is 0 Å². The lowest BCUT2D eigenvalue weighted by atomic mass is 10.3. The second-order valence-corrected chi connectivity index (χ2v) is 0.495. The van der Waals surface area contributed by atoms with Crippen LogP contribution in [0.1, 0.15) is 0 Å². The standard InChI is InChI=1S/BF4.HNO/c2-1(3,4)5;1-2/h;1H/q-1;. The summed E-state index contributed by atoms with van der Waals surface area (Å²) in [5, 5.41) is 0. The highest BCUT2D eigenvalue weighted by Crippen LogP contribution is 2.06. The fourth-order valence-electron chi connectivity index (χ4n) is 0. The van der Waals surface area contributed by atoms with Crippen molar-refractivity contribution in [2.24, 2.45) is 0 Å². The molecule has 7 heavy (non-hydrogen) atoms. The quantitative estimate of drug-likeness (QED) is 0.293. The molecular formula is HBF4NO-. The second kappa shape index (κ2) is 3.57. The molecule has 44 valence electrons. The van der Waals surface area contributed by atoms with Gasteiger partial charge in [0.2, 0.25) is 0 Å². The van der Waals surface area contributed by atoms with Crippen LogP contribution in [0.5, 0.6) is 0 Å². The maximum atomic E-state index is 9.75. The highest BCUT2D eigenvalue weighted by molar-refractivity contribution is 6.50. The summed E-state index contributed by atoms with van der Waals surface area (Å²) >= 11 is 0. The number of nitroso groups, excluding NO2 is 1. The molecule has 0 aromatic carbocycles. The minimum Gasteiger partial charge on any atom is -0.418 e. The number of nitrogens with one attached hydrogen (secondary N) is 1. The maximum Gasteiger partial charge on any atom is 0.673 e. The number of rotatable bonds is 0. The zero-order valence-corrected chi connectivity index (χ0v) is 3.00. The van der Waals surface area contributed by atoms with Crippen LogP contribution in [-0.4, -0.2) is 7.25 Å². The summed E-state index contributed by atoms with van der Waals surface area (Å²) in [6.07, 6.45) is 0. The molecule has 0 amide bonds. The summed E-state index contributed by atoms with van der Waals surface area (Å²) in [6.45, 7) is 0. The number of hydrogen-bond donors (Lipinski definition) is 1. The van der Waals surface area contributed by atoms with Gasteiger partial charge in [-0.25, -0.2) is 0 Å². The van der Waals surface area contributed by atoms with E-state index in [1.54, 1.807) is 0 Å². The van der Waals surface area contributed by atoms with E-state index in [4.69, 9.17) is 4.91 Å². The Labute approximate surface area is 36.4 Å². The summed E-state index contributed by atoms with van der Waals surface area (Å²) in [5.74, 6) is 0. The summed E-state index contributed by atoms with van der Waals surface area (Å²) in [6, 6.07) is 0. The monoisotopic (exact) mass is 118 g/mol. The molecule has 0 aromatic rings. The Hall–Kier alpha value is -0.615. The summed E-state index contributed by atoms with van der Waals surface area (Å²) in [4.78, 5) is 7.50. The molecule has 0 saturated carbocycles. The first kappa shape index (κ1) is 9.63. The van der Waals surface area contributed by atoms with Crippen LogP contribution in [0.25, 0.3) is 0 Å². The molecule has 0 fully saturated rings. The minimum atomic E-state index is -6.00. The van der Waals surface area contributed by atoms with Crippen molar-refractivity contribution in [1.82, 2.24) is 0 Å². The van der Waals surface area contributed by atoms with Crippen LogP contribution < -0.4 is 0 Å². The van der Waals surface area contributed by atoms with E-state index < -0.39 is 7.25 Å².